The average molecular weight is 353 g/mol. The molecule has 3 amide bonds. The Labute approximate surface area is 148 Å². The molecule has 1 saturated heterocycles. The Kier molecular flexibility index (Phi) is 5.25. The fourth-order valence-corrected chi connectivity index (χ4v) is 3.14. The van der Waals surface area contributed by atoms with E-state index in [9.17, 15) is 14.4 Å². The topological polar surface area (TPSA) is 79.4 Å². The van der Waals surface area contributed by atoms with E-state index in [1.54, 1.807) is 24.4 Å². The third-order valence-electron chi connectivity index (χ3n) is 3.52. The van der Waals surface area contributed by atoms with Crippen LogP contribution in [0.25, 0.3) is 6.08 Å². The van der Waals surface area contributed by atoms with E-state index in [1.807, 2.05) is 30.3 Å². The van der Waals surface area contributed by atoms with Gasteiger partial charge in [-0.15, -0.1) is 0 Å². The summed E-state index contributed by atoms with van der Waals surface area (Å²) in [6, 6.07) is 12.6. The molecule has 0 aliphatic carbocycles. The van der Waals surface area contributed by atoms with Gasteiger partial charge < -0.3 is 5.32 Å². The largest absolute Gasteiger partial charge is 0.350 e. The number of thioether (sulfide) groups is 1. The van der Waals surface area contributed by atoms with Crippen molar-refractivity contribution in [1.29, 1.82) is 0 Å². The van der Waals surface area contributed by atoms with E-state index in [0.717, 1.165) is 22.2 Å². The van der Waals surface area contributed by atoms with Crippen LogP contribution in [-0.4, -0.2) is 40.0 Å². The Hall–Kier alpha value is -2.93. The minimum atomic E-state index is -0.338. The highest BCUT2D eigenvalue weighted by Gasteiger charge is 2.34. The van der Waals surface area contributed by atoms with Gasteiger partial charge in [0.1, 0.15) is 0 Å². The van der Waals surface area contributed by atoms with Gasteiger partial charge in [0.25, 0.3) is 17.1 Å². The van der Waals surface area contributed by atoms with Crippen molar-refractivity contribution in [1.82, 2.24) is 15.2 Å². The summed E-state index contributed by atoms with van der Waals surface area (Å²) < 4.78 is 0. The predicted molar refractivity (Wildman–Crippen MR) is 95.7 cm³/mol. The van der Waals surface area contributed by atoms with Gasteiger partial charge in [-0.3, -0.25) is 24.3 Å². The highest BCUT2D eigenvalue weighted by Crippen LogP contribution is 2.31. The van der Waals surface area contributed by atoms with Gasteiger partial charge in [-0.2, -0.15) is 0 Å². The molecule has 7 heteroatoms. The molecule has 126 valence electrons. The van der Waals surface area contributed by atoms with E-state index < -0.39 is 0 Å². The molecule has 1 aromatic heterocycles. The molecule has 0 saturated carbocycles. The molecule has 1 aliphatic heterocycles. The van der Waals surface area contributed by atoms with Crippen LogP contribution in [0.2, 0.25) is 0 Å². The Bertz CT molecular complexity index is 822. The molecule has 0 atom stereocenters. The van der Waals surface area contributed by atoms with E-state index >= 15 is 0 Å². The Morgan fingerprint density at radius 1 is 1.16 bits per heavy atom. The molecule has 2 heterocycles. The predicted octanol–water partition coefficient (Wildman–Crippen LogP) is 2.55. The van der Waals surface area contributed by atoms with Crippen molar-refractivity contribution in [3.63, 3.8) is 0 Å². The van der Waals surface area contributed by atoms with Crippen LogP contribution in [0.15, 0.2) is 59.8 Å². The van der Waals surface area contributed by atoms with E-state index in [2.05, 4.69) is 10.3 Å². The number of nitrogens with zero attached hydrogens (tertiary/aromatic N) is 2. The fourth-order valence-electron chi connectivity index (χ4n) is 2.27. The number of hydrogen-bond donors (Lipinski definition) is 1. The number of imide groups is 1. The molecule has 1 aliphatic rings. The molecular weight excluding hydrogens is 338 g/mol. The maximum atomic E-state index is 12.4. The summed E-state index contributed by atoms with van der Waals surface area (Å²) in [5.74, 6) is -0.630. The quantitative estimate of drug-likeness (QED) is 0.836. The van der Waals surface area contributed by atoms with Crippen LogP contribution < -0.4 is 5.32 Å². The maximum Gasteiger partial charge on any atom is 0.293 e. The van der Waals surface area contributed by atoms with Crippen molar-refractivity contribution in [2.75, 3.05) is 13.1 Å². The number of rotatable bonds is 5. The van der Waals surface area contributed by atoms with Gasteiger partial charge in [0.15, 0.2) is 0 Å². The summed E-state index contributed by atoms with van der Waals surface area (Å²) in [7, 11) is 0. The number of nitrogens with one attached hydrogen (secondary N) is 1. The van der Waals surface area contributed by atoms with Gasteiger partial charge >= 0.3 is 0 Å². The lowest BCUT2D eigenvalue weighted by atomic mass is 10.2. The number of aromatic nitrogens is 1. The monoisotopic (exact) mass is 353 g/mol. The Morgan fingerprint density at radius 2 is 1.96 bits per heavy atom. The highest BCUT2D eigenvalue weighted by molar-refractivity contribution is 8.18. The third-order valence-corrected chi connectivity index (χ3v) is 4.42. The minimum Gasteiger partial charge on any atom is -0.350 e. The third kappa shape index (κ3) is 4.13. The molecule has 0 bridgehead atoms. The molecule has 6 nitrogen and oxygen atoms in total. The first-order chi connectivity index (χ1) is 12.1. The number of pyridine rings is 1. The second-order valence-corrected chi connectivity index (χ2v) is 6.23. The smallest absolute Gasteiger partial charge is 0.293 e. The summed E-state index contributed by atoms with van der Waals surface area (Å²) in [5, 5.41) is 2.35. The van der Waals surface area contributed by atoms with Gasteiger partial charge in [-0.25, -0.2) is 0 Å². The van der Waals surface area contributed by atoms with Crippen LogP contribution in [0, 0.1) is 0 Å². The first-order valence-electron chi connectivity index (χ1n) is 7.64. The lowest BCUT2D eigenvalue weighted by Crippen LogP contribution is -2.37. The van der Waals surface area contributed by atoms with E-state index in [0.29, 0.717) is 10.5 Å². The minimum absolute atomic E-state index is 0.128. The lowest BCUT2D eigenvalue weighted by Gasteiger charge is -2.12. The van der Waals surface area contributed by atoms with Crippen molar-refractivity contribution in [2.24, 2.45) is 0 Å². The van der Waals surface area contributed by atoms with Gasteiger partial charge in [-0.05, 0) is 35.5 Å². The number of benzene rings is 1. The zero-order valence-electron chi connectivity index (χ0n) is 13.2. The summed E-state index contributed by atoms with van der Waals surface area (Å²) in [6.07, 6.45) is 4.73. The average Bonchev–Trinajstić information content (AvgIpc) is 2.90. The van der Waals surface area contributed by atoms with Crippen molar-refractivity contribution >= 4 is 34.9 Å². The summed E-state index contributed by atoms with van der Waals surface area (Å²) in [4.78, 5) is 41.7. The molecule has 0 unspecified atom stereocenters. The first-order valence-corrected chi connectivity index (χ1v) is 8.45. The zero-order valence-corrected chi connectivity index (χ0v) is 14.0. The number of amides is 3. The SMILES string of the molecule is O=C(NCCN1C(=O)S/C(=C\c2ccccc2)C1=O)c1cccnc1. The van der Waals surface area contributed by atoms with Crippen molar-refractivity contribution < 1.29 is 14.4 Å². The van der Waals surface area contributed by atoms with E-state index in [1.165, 1.54) is 6.20 Å². The van der Waals surface area contributed by atoms with Crippen LogP contribution in [0.4, 0.5) is 4.79 Å². The molecule has 0 radical (unpaired) electrons. The highest BCUT2D eigenvalue weighted by atomic mass is 32.2. The molecule has 3 rings (SSSR count). The van der Waals surface area contributed by atoms with Crippen LogP contribution in [0.3, 0.4) is 0 Å². The van der Waals surface area contributed by atoms with Crippen molar-refractivity contribution in [2.45, 2.75) is 0 Å². The lowest BCUT2D eigenvalue weighted by molar-refractivity contribution is -0.122. The molecule has 1 fully saturated rings. The van der Waals surface area contributed by atoms with Gasteiger partial charge in [0, 0.05) is 25.5 Å². The number of carbonyl (C=O) groups is 3. The van der Waals surface area contributed by atoms with Crippen molar-refractivity contribution in [3.05, 3.63) is 70.9 Å². The van der Waals surface area contributed by atoms with Crippen LogP contribution in [0.1, 0.15) is 15.9 Å². The van der Waals surface area contributed by atoms with Gasteiger partial charge in [0.05, 0.1) is 10.5 Å². The standard InChI is InChI=1S/C18H15N3O3S/c22-16(14-7-4-8-19-12-14)20-9-10-21-17(23)15(25-18(21)24)11-13-5-2-1-3-6-13/h1-8,11-12H,9-10H2,(H,20,22)/b15-11-. The second kappa shape index (κ2) is 7.76. The Morgan fingerprint density at radius 3 is 2.68 bits per heavy atom. The van der Waals surface area contributed by atoms with Crippen LogP contribution in [0.5, 0.6) is 0 Å². The molecule has 0 spiro atoms. The van der Waals surface area contributed by atoms with Crippen LogP contribution in [-0.2, 0) is 4.79 Å². The number of hydrogen-bond acceptors (Lipinski definition) is 5. The normalized spacial score (nSPS) is 15.7. The summed E-state index contributed by atoms with van der Waals surface area (Å²) in [5.41, 5.74) is 1.29. The van der Waals surface area contributed by atoms with Crippen LogP contribution >= 0.6 is 11.8 Å². The molecule has 25 heavy (non-hydrogen) atoms. The zero-order chi connectivity index (χ0) is 17.6. The molecule has 1 N–H and O–H groups in total. The number of carbonyl (C=O) groups excluding carboxylic acids is 3. The summed E-state index contributed by atoms with van der Waals surface area (Å²) >= 11 is 0.908. The maximum absolute atomic E-state index is 12.4. The van der Waals surface area contributed by atoms with Gasteiger partial charge in [-0.1, -0.05) is 30.3 Å². The second-order valence-electron chi connectivity index (χ2n) is 5.24. The first kappa shape index (κ1) is 16.9. The molecule has 2 aromatic rings. The summed E-state index contributed by atoms with van der Waals surface area (Å²) in [6.45, 7) is 0.313. The van der Waals surface area contributed by atoms with Crippen molar-refractivity contribution in [3.8, 4) is 0 Å². The van der Waals surface area contributed by atoms with Gasteiger partial charge in [0.2, 0.25) is 0 Å². The molecular formula is C18H15N3O3S. The van der Waals surface area contributed by atoms with E-state index in [4.69, 9.17) is 0 Å². The molecule has 1 aromatic carbocycles. The fraction of sp³-hybridized carbons (Fsp3) is 0.111. The van der Waals surface area contributed by atoms with E-state index in [-0.39, 0.29) is 30.1 Å². The Balaban J connectivity index is 1.58.